The van der Waals surface area contributed by atoms with Crippen LogP contribution in [0.15, 0.2) is 54.6 Å². The number of rotatable bonds is 7. The maximum atomic E-state index is 11.7. The zero-order chi connectivity index (χ0) is 20.3. The van der Waals surface area contributed by atoms with Crippen molar-refractivity contribution in [3.8, 4) is 0 Å². The van der Waals surface area contributed by atoms with Gasteiger partial charge in [0.15, 0.2) is 0 Å². The van der Waals surface area contributed by atoms with Crippen molar-refractivity contribution in [3.63, 3.8) is 0 Å². The van der Waals surface area contributed by atoms with E-state index in [1.807, 2.05) is 30.3 Å². The van der Waals surface area contributed by atoms with Gasteiger partial charge in [0.1, 0.15) is 5.69 Å². The minimum atomic E-state index is -0.304. The Kier molecular flexibility index (Phi) is 5.98. The van der Waals surface area contributed by atoms with Crippen LogP contribution in [0.5, 0.6) is 0 Å². The molecule has 0 bridgehead atoms. The molecule has 0 unspecified atom stereocenters. The zero-order valence-corrected chi connectivity index (χ0v) is 17.0. The molecule has 3 rings (SSSR count). The third kappa shape index (κ3) is 4.33. The molecule has 0 radical (unpaired) electrons. The van der Waals surface area contributed by atoms with Gasteiger partial charge in [-0.2, -0.15) is 0 Å². The molecule has 0 spiro atoms. The lowest BCUT2D eigenvalue weighted by atomic mass is 9.94. The van der Waals surface area contributed by atoms with Gasteiger partial charge in [-0.3, -0.25) is 10.1 Å². The van der Waals surface area contributed by atoms with Crippen LogP contribution >= 0.6 is 0 Å². The van der Waals surface area contributed by atoms with E-state index >= 15 is 0 Å². The Balaban J connectivity index is 2.20. The topological polar surface area (TPSA) is 55.2 Å². The van der Waals surface area contributed by atoms with Crippen LogP contribution in [-0.2, 0) is 12.8 Å². The van der Waals surface area contributed by atoms with Crippen LogP contribution in [0.3, 0.4) is 0 Å². The van der Waals surface area contributed by atoms with Crippen LogP contribution in [-0.4, -0.2) is 4.92 Å². The average molecular weight is 377 g/mol. The van der Waals surface area contributed by atoms with E-state index in [4.69, 9.17) is 0 Å². The highest BCUT2D eigenvalue weighted by atomic mass is 16.6. The molecule has 0 amide bonds. The van der Waals surface area contributed by atoms with E-state index in [9.17, 15) is 10.1 Å². The van der Waals surface area contributed by atoms with E-state index in [1.165, 1.54) is 11.1 Å². The second-order valence-electron chi connectivity index (χ2n) is 8.21. The van der Waals surface area contributed by atoms with E-state index in [-0.39, 0.29) is 10.6 Å². The Morgan fingerprint density at radius 3 is 2.00 bits per heavy atom. The van der Waals surface area contributed by atoms with Crippen molar-refractivity contribution < 1.29 is 4.92 Å². The van der Waals surface area contributed by atoms with Crippen molar-refractivity contribution in [3.05, 3.63) is 75.8 Å². The fourth-order valence-electron chi connectivity index (χ4n) is 3.70. The Bertz CT molecular complexity index is 965. The van der Waals surface area contributed by atoms with Gasteiger partial charge in [0.05, 0.1) is 4.92 Å². The summed E-state index contributed by atoms with van der Waals surface area (Å²) in [6.07, 6.45) is 1.85. The first-order valence-electron chi connectivity index (χ1n) is 9.90. The Hall–Kier alpha value is -2.88. The summed E-state index contributed by atoms with van der Waals surface area (Å²) in [5, 5.41) is 17.1. The molecule has 3 aromatic rings. The molecule has 3 aromatic carbocycles. The number of fused-ring (bicyclic) bond motifs is 1. The fraction of sp³-hybridized carbons (Fsp3) is 0.333. The quantitative estimate of drug-likeness (QED) is 0.361. The van der Waals surface area contributed by atoms with Crippen molar-refractivity contribution in [2.45, 2.75) is 40.5 Å². The SMILES string of the molecule is CC(C)Cc1cccc(CC(C)C)c1Nc1c([N+](=O)[O-])ccc2ccccc12. The summed E-state index contributed by atoms with van der Waals surface area (Å²) >= 11 is 0. The van der Waals surface area contributed by atoms with Gasteiger partial charge in [-0.05, 0) is 47.3 Å². The molecule has 0 saturated carbocycles. The van der Waals surface area contributed by atoms with Crippen molar-refractivity contribution in [2.24, 2.45) is 11.8 Å². The molecule has 4 nitrogen and oxygen atoms in total. The van der Waals surface area contributed by atoms with E-state index in [0.29, 0.717) is 17.5 Å². The predicted octanol–water partition coefficient (Wildman–Crippen LogP) is 6.89. The Labute approximate surface area is 166 Å². The van der Waals surface area contributed by atoms with Gasteiger partial charge in [-0.15, -0.1) is 0 Å². The van der Waals surface area contributed by atoms with Crippen LogP contribution in [0.25, 0.3) is 10.8 Å². The molecule has 0 heterocycles. The van der Waals surface area contributed by atoms with E-state index in [2.05, 4.69) is 51.2 Å². The summed E-state index contributed by atoms with van der Waals surface area (Å²) in [7, 11) is 0. The lowest BCUT2D eigenvalue weighted by Crippen LogP contribution is -2.07. The van der Waals surface area contributed by atoms with Gasteiger partial charge in [-0.25, -0.2) is 0 Å². The molecular weight excluding hydrogens is 348 g/mol. The number of benzene rings is 3. The number of nitro benzene ring substituents is 1. The smallest absolute Gasteiger partial charge is 0.293 e. The van der Waals surface area contributed by atoms with Gasteiger partial charge >= 0.3 is 0 Å². The number of nitrogens with zero attached hydrogens (tertiary/aromatic N) is 1. The summed E-state index contributed by atoms with van der Waals surface area (Å²) in [4.78, 5) is 11.4. The average Bonchev–Trinajstić information content (AvgIpc) is 2.63. The second-order valence-corrected chi connectivity index (χ2v) is 8.21. The van der Waals surface area contributed by atoms with E-state index < -0.39 is 0 Å². The van der Waals surface area contributed by atoms with Crippen LogP contribution in [0.1, 0.15) is 38.8 Å². The second kappa shape index (κ2) is 8.42. The highest BCUT2D eigenvalue weighted by Gasteiger charge is 2.20. The van der Waals surface area contributed by atoms with Crippen molar-refractivity contribution in [2.75, 3.05) is 5.32 Å². The fourth-order valence-corrected chi connectivity index (χ4v) is 3.70. The Morgan fingerprint density at radius 1 is 0.821 bits per heavy atom. The lowest BCUT2D eigenvalue weighted by Gasteiger charge is -2.20. The van der Waals surface area contributed by atoms with E-state index in [0.717, 1.165) is 29.3 Å². The first kappa shape index (κ1) is 19.9. The third-order valence-electron chi connectivity index (χ3n) is 4.85. The number of nitro groups is 1. The predicted molar refractivity (Wildman–Crippen MR) is 117 cm³/mol. The summed E-state index contributed by atoms with van der Waals surface area (Å²) in [6.45, 7) is 8.77. The van der Waals surface area contributed by atoms with Gasteiger partial charge in [0.25, 0.3) is 5.69 Å². The van der Waals surface area contributed by atoms with Crippen LogP contribution in [0.4, 0.5) is 17.1 Å². The molecule has 0 saturated heterocycles. The van der Waals surface area contributed by atoms with Crippen LogP contribution < -0.4 is 5.32 Å². The first-order chi connectivity index (χ1) is 13.4. The minimum absolute atomic E-state index is 0.105. The standard InChI is InChI=1S/C24H28N2O2/c1-16(2)14-19-9-7-10-20(15-17(3)4)23(19)25-24-21-11-6-5-8-18(21)12-13-22(24)26(27)28/h5-13,16-17,25H,14-15H2,1-4H3. The number of anilines is 2. The summed E-state index contributed by atoms with van der Waals surface area (Å²) in [6, 6.07) is 17.6. The minimum Gasteiger partial charge on any atom is -0.349 e. The van der Waals surface area contributed by atoms with Crippen LogP contribution in [0.2, 0.25) is 0 Å². The third-order valence-corrected chi connectivity index (χ3v) is 4.85. The molecule has 0 fully saturated rings. The van der Waals surface area contributed by atoms with Gasteiger partial charge in [-0.1, -0.05) is 70.2 Å². The van der Waals surface area contributed by atoms with E-state index in [1.54, 1.807) is 6.07 Å². The monoisotopic (exact) mass is 376 g/mol. The molecular formula is C24H28N2O2. The molecule has 4 heteroatoms. The molecule has 1 N–H and O–H groups in total. The summed E-state index contributed by atoms with van der Waals surface area (Å²) in [5.74, 6) is 0.995. The largest absolute Gasteiger partial charge is 0.349 e. The molecule has 146 valence electrons. The molecule has 0 aliphatic carbocycles. The van der Waals surface area contributed by atoms with Gasteiger partial charge in [0, 0.05) is 17.1 Å². The number of hydrogen-bond donors (Lipinski definition) is 1. The molecule has 0 aliphatic heterocycles. The summed E-state index contributed by atoms with van der Waals surface area (Å²) < 4.78 is 0. The van der Waals surface area contributed by atoms with Crippen LogP contribution in [0, 0.1) is 22.0 Å². The first-order valence-corrected chi connectivity index (χ1v) is 9.90. The van der Waals surface area contributed by atoms with Crippen molar-refractivity contribution >= 4 is 27.8 Å². The maximum Gasteiger partial charge on any atom is 0.293 e. The molecule has 0 aliphatic rings. The van der Waals surface area contributed by atoms with Gasteiger partial charge < -0.3 is 5.32 Å². The number of para-hydroxylation sites is 1. The highest BCUT2D eigenvalue weighted by molar-refractivity contribution is 6.00. The Morgan fingerprint density at radius 2 is 1.43 bits per heavy atom. The lowest BCUT2D eigenvalue weighted by molar-refractivity contribution is -0.383. The molecule has 0 aromatic heterocycles. The van der Waals surface area contributed by atoms with Crippen molar-refractivity contribution in [1.29, 1.82) is 0 Å². The van der Waals surface area contributed by atoms with Crippen molar-refractivity contribution in [1.82, 2.24) is 0 Å². The molecule has 28 heavy (non-hydrogen) atoms. The molecule has 0 atom stereocenters. The highest BCUT2D eigenvalue weighted by Crippen LogP contribution is 2.38. The number of nitrogens with one attached hydrogen (secondary N) is 1. The summed E-state index contributed by atoms with van der Waals surface area (Å²) in [5.41, 5.74) is 4.10. The normalized spacial score (nSPS) is 11.4. The zero-order valence-electron chi connectivity index (χ0n) is 17.0. The maximum absolute atomic E-state index is 11.7. The number of hydrogen-bond acceptors (Lipinski definition) is 3. The van der Waals surface area contributed by atoms with Gasteiger partial charge in [0.2, 0.25) is 0 Å².